The lowest BCUT2D eigenvalue weighted by Gasteiger charge is -2.22. The zero-order valence-electron chi connectivity index (χ0n) is 20.0. The third kappa shape index (κ3) is 6.44. The first kappa shape index (κ1) is 25.9. The summed E-state index contributed by atoms with van der Waals surface area (Å²) in [5.41, 5.74) is 1.65. The highest BCUT2D eigenvalue weighted by atomic mass is 32.2. The van der Waals surface area contributed by atoms with Crippen molar-refractivity contribution in [2.24, 2.45) is 5.92 Å². The monoisotopic (exact) mass is 496 g/mol. The highest BCUT2D eigenvalue weighted by Gasteiger charge is 2.26. The van der Waals surface area contributed by atoms with Crippen molar-refractivity contribution in [3.8, 4) is 0 Å². The van der Waals surface area contributed by atoms with Crippen molar-refractivity contribution in [1.82, 2.24) is 20.1 Å². The maximum Gasteiger partial charge on any atom is 0.269 e. The fourth-order valence-electron chi connectivity index (χ4n) is 3.50. The summed E-state index contributed by atoms with van der Waals surface area (Å²) in [6, 6.07) is 12.9. The molecule has 3 rings (SSSR count). The number of aryl methyl sites for hydroxylation is 1. The Labute approximate surface area is 207 Å². The highest BCUT2D eigenvalue weighted by molar-refractivity contribution is 7.99. The zero-order chi connectivity index (χ0) is 25.5. The van der Waals surface area contributed by atoms with Gasteiger partial charge >= 0.3 is 0 Å². The second-order valence-corrected chi connectivity index (χ2v) is 9.18. The summed E-state index contributed by atoms with van der Waals surface area (Å²) in [4.78, 5) is 35.7. The van der Waals surface area contributed by atoms with E-state index in [4.69, 9.17) is 0 Å². The Hall–Kier alpha value is -3.73. The second kappa shape index (κ2) is 11.6. The summed E-state index contributed by atoms with van der Waals surface area (Å²) in [7, 11) is 0. The molecule has 0 saturated heterocycles. The van der Waals surface area contributed by atoms with Gasteiger partial charge in [-0.1, -0.05) is 43.8 Å². The Morgan fingerprint density at radius 2 is 1.86 bits per heavy atom. The fourth-order valence-corrected chi connectivity index (χ4v) is 4.30. The number of hydrogen-bond acceptors (Lipinski definition) is 7. The molecule has 2 aromatic carbocycles. The van der Waals surface area contributed by atoms with Crippen LogP contribution < -0.4 is 10.6 Å². The molecule has 2 amide bonds. The van der Waals surface area contributed by atoms with Crippen LogP contribution in [0.3, 0.4) is 0 Å². The molecule has 0 spiro atoms. The minimum absolute atomic E-state index is 0.0301. The average Bonchev–Trinajstić information content (AvgIpc) is 3.25. The lowest BCUT2D eigenvalue weighted by atomic mass is 10.0. The standard InChI is InChI=1S/C24H28N6O4S/c1-5-29-22(21(15(2)3)26-23(32)17-9-7-6-8-10-17)27-28-24(29)35-14-20(31)25-19-12-11-18(30(33)34)13-16(19)4/h6-13,15,21H,5,14H2,1-4H3,(H,25,31)(H,26,32)/t21-/m1/s1. The van der Waals surface area contributed by atoms with Crippen LogP contribution in [0, 0.1) is 23.0 Å². The SMILES string of the molecule is CCn1c(SCC(=O)Nc2ccc([N+](=O)[O-])cc2C)nnc1[C@H](NC(=O)c1ccccc1)C(C)C. The lowest BCUT2D eigenvalue weighted by molar-refractivity contribution is -0.384. The number of nitro benzene ring substituents is 1. The minimum atomic E-state index is -0.476. The number of aromatic nitrogens is 3. The summed E-state index contributed by atoms with van der Waals surface area (Å²) >= 11 is 1.23. The molecule has 3 aromatic rings. The van der Waals surface area contributed by atoms with E-state index in [1.54, 1.807) is 19.1 Å². The summed E-state index contributed by atoms with van der Waals surface area (Å²) in [5.74, 6) is 0.306. The number of carbonyl (C=O) groups is 2. The van der Waals surface area contributed by atoms with E-state index in [-0.39, 0.29) is 35.2 Å². The van der Waals surface area contributed by atoms with Gasteiger partial charge in [0, 0.05) is 29.9 Å². The van der Waals surface area contributed by atoms with Crippen molar-refractivity contribution in [1.29, 1.82) is 0 Å². The number of carbonyl (C=O) groups excluding carboxylic acids is 2. The van der Waals surface area contributed by atoms with Gasteiger partial charge in [0.15, 0.2) is 11.0 Å². The quantitative estimate of drug-likeness (QED) is 0.242. The predicted molar refractivity (Wildman–Crippen MR) is 134 cm³/mol. The smallest absolute Gasteiger partial charge is 0.269 e. The zero-order valence-corrected chi connectivity index (χ0v) is 20.8. The van der Waals surface area contributed by atoms with Gasteiger partial charge in [0.1, 0.15) is 0 Å². The largest absolute Gasteiger partial charge is 0.342 e. The topological polar surface area (TPSA) is 132 Å². The van der Waals surface area contributed by atoms with Crippen LogP contribution in [0.25, 0.3) is 0 Å². The molecule has 0 bridgehead atoms. The first-order valence-corrected chi connectivity index (χ1v) is 12.2. The molecule has 1 heterocycles. The van der Waals surface area contributed by atoms with E-state index >= 15 is 0 Å². The molecule has 184 valence electrons. The Morgan fingerprint density at radius 1 is 1.14 bits per heavy atom. The molecular formula is C24H28N6O4S. The molecule has 0 aliphatic rings. The van der Waals surface area contributed by atoms with Crippen molar-refractivity contribution in [3.63, 3.8) is 0 Å². The lowest BCUT2D eigenvalue weighted by Crippen LogP contribution is -2.33. The van der Waals surface area contributed by atoms with Gasteiger partial charge in [0.25, 0.3) is 11.6 Å². The second-order valence-electron chi connectivity index (χ2n) is 8.24. The number of nitrogens with one attached hydrogen (secondary N) is 2. The van der Waals surface area contributed by atoms with Crippen LogP contribution in [-0.2, 0) is 11.3 Å². The molecule has 10 nitrogen and oxygen atoms in total. The van der Waals surface area contributed by atoms with Crippen LogP contribution in [0.2, 0.25) is 0 Å². The van der Waals surface area contributed by atoms with E-state index in [0.29, 0.717) is 34.3 Å². The van der Waals surface area contributed by atoms with Crippen LogP contribution in [0.1, 0.15) is 48.6 Å². The number of benzene rings is 2. The van der Waals surface area contributed by atoms with E-state index < -0.39 is 4.92 Å². The van der Waals surface area contributed by atoms with Crippen molar-refractivity contribution >= 4 is 35.0 Å². The van der Waals surface area contributed by atoms with Gasteiger partial charge in [-0.25, -0.2) is 0 Å². The molecule has 35 heavy (non-hydrogen) atoms. The summed E-state index contributed by atoms with van der Waals surface area (Å²) in [6.07, 6.45) is 0. The van der Waals surface area contributed by atoms with E-state index in [1.165, 1.54) is 30.0 Å². The Bertz CT molecular complexity index is 1210. The van der Waals surface area contributed by atoms with Crippen molar-refractivity contribution < 1.29 is 14.5 Å². The van der Waals surface area contributed by atoms with Gasteiger partial charge in [-0.3, -0.25) is 19.7 Å². The van der Waals surface area contributed by atoms with Crippen LogP contribution in [0.15, 0.2) is 53.7 Å². The van der Waals surface area contributed by atoms with Gasteiger partial charge < -0.3 is 15.2 Å². The van der Waals surface area contributed by atoms with E-state index in [9.17, 15) is 19.7 Å². The number of nitro groups is 1. The summed E-state index contributed by atoms with van der Waals surface area (Å²) in [6.45, 7) is 8.21. The van der Waals surface area contributed by atoms with Gasteiger partial charge in [-0.05, 0) is 43.5 Å². The minimum Gasteiger partial charge on any atom is -0.342 e. The molecule has 11 heteroatoms. The van der Waals surface area contributed by atoms with E-state index in [1.807, 2.05) is 43.5 Å². The highest BCUT2D eigenvalue weighted by Crippen LogP contribution is 2.26. The molecule has 0 aliphatic carbocycles. The Balaban J connectivity index is 1.70. The third-order valence-corrected chi connectivity index (χ3v) is 6.32. The first-order valence-electron chi connectivity index (χ1n) is 11.2. The maximum atomic E-state index is 12.7. The molecule has 0 saturated carbocycles. The Kier molecular flexibility index (Phi) is 8.58. The van der Waals surface area contributed by atoms with E-state index in [0.717, 1.165) is 0 Å². The molecular weight excluding hydrogens is 468 g/mol. The molecule has 2 N–H and O–H groups in total. The molecule has 0 aliphatic heterocycles. The van der Waals surface area contributed by atoms with Gasteiger partial charge in [-0.15, -0.1) is 10.2 Å². The Morgan fingerprint density at radius 3 is 2.46 bits per heavy atom. The average molecular weight is 497 g/mol. The first-order chi connectivity index (χ1) is 16.7. The molecule has 1 aromatic heterocycles. The van der Waals surface area contributed by atoms with Crippen LogP contribution in [-0.4, -0.2) is 37.3 Å². The molecule has 1 atom stereocenters. The number of non-ortho nitro benzene ring substituents is 1. The van der Waals surface area contributed by atoms with Crippen LogP contribution >= 0.6 is 11.8 Å². The van der Waals surface area contributed by atoms with Gasteiger partial charge in [-0.2, -0.15) is 0 Å². The molecule has 0 radical (unpaired) electrons. The fraction of sp³-hybridized carbons (Fsp3) is 0.333. The van der Waals surface area contributed by atoms with Crippen molar-refractivity contribution in [3.05, 3.63) is 75.6 Å². The van der Waals surface area contributed by atoms with Crippen LogP contribution in [0.5, 0.6) is 0 Å². The van der Waals surface area contributed by atoms with E-state index in [2.05, 4.69) is 20.8 Å². The number of thioether (sulfide) groups is 1. The normalized spacial score (nSPS) is 11.8. The van der Waals surface area contributed by atoms with Crippen molar-refractivity contribution in [2.45, 2.75) is 45.4 Å². The number of hydrogen-bond donors (Lipinski definition) is 2. The number of amides is 2. The number of anilines is 1. The maximum absolute atomic E-state index is 12.7. The third-order valence-electron chi connectivity index (χ3n) is 5.36. The number of nitrogens with zero attached hydrogens (tertiary/aromatic N) is 4. The molecule has 0 fully saturated rings. The number of rotatable bonds is 10. The van der Waals surface area contributed by atoms with Gasteiger partial charge in [0.2, 0.25) is 5.91 Å². The summed E-state index contributed by atoms with van der Waals surface area (Å²) in [5, 5.41) is 25.9. The van der Waals surface area contributed by atoms with Crippen LogP contribution in [0.4, 0.5) is 11.4 Å². The summed E-state index contributed by atoms with van der Waals surface area (Å²) < 4.78 is 1.89. The molecule has 0 unspecified atom stereocenters. The predicted octanol–water partition coefficient (Wildman–Crippen LogP) is 4.37. The van der Waals surface area contributed by atoms with Gasteiger partial charge in [0.05, 0.1) is 16.7 Å². The van der Waals surface area contributed by atoms with Crippen molar-refractivity contribution in [2.75, 3.05) is 11.1 Å².